The van der Waals surface area contributed by atoms with E-state index >= 15 is 0 Å². The number of thioether (sulfide) groups is 1. The highest BCUT2D eigenvalue weighted by Crippen LogP contribution is 2.54. The number of hydrogen-bond donors (Lipinski definition) is 2. The monoisotopic (exact) mass is 683 g/mol. The molecule has 6 rings (SSSR count). The number of nitrogens with one attached hydrogen (secondary N) is 1. The molecular weight excluding hydrogens is 661 g/mol. The van der Waals surface area contributed by atoms with Gasteiger partial charge in [-0.05, 0) is 73.2 Å². The lowest BCUT2D eigenvalue weighted by atomic mass is 9.83. The molecular formula is C30H23BrFN3O6S2. The number of amides is 3. The molecule has 9 nitrogen and oxygen atoms in total. The van der Waals surface area contributed by atoms with E-state index in [4.69, 9.17) is 4.74 Å². The molecule has 220 valence electrons. The first kappa shape index (κ1) is 29.1. The number of thiazole rings is 1. The Labute approximate surface area is 261 Å². The number of phenolic OH excluding ortho intramolecular Hbond substituents is 1. The fourth-order valence-corrected chi connectivity index (χ4v) is 8.37. The second kappa shape index (κ2) is 11.6. The van der Waals surface area contributed by atoms with Crippen molar-refractivity contribution in [3.63, 3.8) is 0 Å². The van der Waals surface area contributed by atoms with E-state index in [1.54, 1.807) is 43.3 Å². The molecule has 1 saturated heterocycles. The molecule has 1 aromatic heterocycles. The third kappa shape index (κ3) is 5.36. The zero-order valence-corrected chi connectivity index (χ0v) is 25.7. The molecule has 3 atom stereocenters. The lowest BCUT2D eigenvalue weighted by molar-refractivity contribution is -0.122. The number of ether oxygens (including phenoxy) is 1. The van der Waals surface area contributed by atoms with Crippen molar-refractivity contribution in [2.24, 2.45) is 5.92 Å². The molecule has 0 bridgehead atoms. The Balaban J connectivity index is 1.43. The van der Waals surface area contributed by atoms with Gasteiger partial charge in [-0.15, -0.1) is 0 Å². The number of benzene rings is 3. The van der Waals surface area contributed by atoms with Gasteiger partial charge in [0.2, 0.25) is 17.7 Å². The molecule has 4 aromatic rings. The first-order chi connectivity index (χ1) is 20.7. The molecule has 0 aliphatic carbocycles. The van der Waals surface area contributed by atoms with Gasteiger partial charge in [0.1, 0.15) is 17.6 Å². The number of hydrogen-bond acceptors (Lipinski definition) is 8. The summed E-state index contributed by atoms with van der Waals surface area (Å²) in [6.45, 7) is 1.71. The molecule has 2 N–H and O–H groups in total. The van der Waals surface area contributed by atoms with Crippen molar-refractivity contribution in [3.8, 4) is 11.5 Å². The number of fused-ring (bicyclic) bond motifs is 2. The highest BCUT2D eigenvalue weighted by atomic mass is 79.9. The van der Waals surface area contributed by atoms with E-state index < -0.39 is 45.5 Å². The molecule has 0 spiro atoms. The molecule has 3 amide bonds. The molecule has 0 radical (unpaired) electrons. The third-order valence-corrected chi connectivity index (χ3v) is 10.3. The fraction of sp³-hybridized carbons (Fsp3) is 0.200. The number of carbonyl (C=O) groups is 3. The number of aromatic hydroxyl groups is 1. The minimum absolute atomic E-state index is 0.0823. The Hall–Kier alpha value is -3.94. The van der Waals surface area contributed by atoms with Gasteiger partial charge in [0.25, 0.3) is 0 Å². The number of aromatic nitrogens is 1. The molecule has 2 aliphatic heterocycles. The summed E-state index contributed by atoms with van der Waals surface area (Å²) in [5, 5.41) is 12.6. The van der Waals surface area contributed by atoms with Crippen molar-refractivity contribution in [3.05, 3.63) is 97.1 Å². The third-order valence-electron chi connectivity index (χ3n) is 7.21. The van der Waals surface area contributed by atoms with Gasteiger partial charge in [-0.3, -0.25) is 23.7 Å². The van der Waals surface area contributed by atoms with Crippen LogP contribution in [0.2, 0.25) is 0 Å². The predicted octanol–water partition coefficient (Wildman–Crippen LogP) is 5.35. The van der Waals surface area contributed by atoms with E-state index in [9.17, 15) is 28.7 Å². The van der Waals surface area contributed by atoms with E-state index in [1.165, 1.54) is 39.8 Å². The van der Waals surface area contributed by atoms with Gasteiger partial charge in [-0.1, -0.05) is 45.1 Å². The zero-order valence-electron chi connectivity index (χ0n) is 22.5. The fourth-order valence-electron chi connectivity index (χ4n) is 5.33. The lowest BCUT2D eigenvalue weighted by Gasteiger charge is -2.31. The molecule has 0 unspecified atom stereocenters. The Morgan fingerprint density at radius 1 is 1.05 bits per heavy atom. The highest BCUT2D eigenvalue weighted by molar-refractivity contribution is 9.10. The number of anilines is 2. The Kier molecular flexibility index (Phi) is 7.88. The van der Waals surface area contributed by atoms with Gasteiger partial charge in [0.05, 0.1) is 23.2 Å². The van der Waals surface area contributed by atoms with Gasteiger partial charge >= 0.3 is 4.87 Å². The summed E-state index contributed by atoms with van der Waals surface area (Å²) in [6.07, 6.45) is 0. The Morgan fingerprint density at radius 3 is 2.47 bits per heavy atom. The number of phenols is 1. The number of imide groups is 1. The topological polar surface area (TPSA) is 118 Å². The van der Waals surface area contributed by atoms with Crippen LogP contribution >= 0.6 is 39.0 Å². The maximum Gasteiger partial charge on any atom is 0.308 e. The molecule has 13 heteroatoms. The van der Waals surface area contributed by atoms with Gasteiger partial charge in [0, 0.05) is 21.0 Å². The number of nitrogens with zero attached hydrogens (tertiary/aromatic N) is 2. The first-order valence-corrected chi connectivity index (χ1v) is 15.7. The predicted molar refractivity (Wildman–Crippen MR) is 164 cm³/mol. The van der Waals surface area contributed by atoms with Crippen molar-refractivity contribution in [2.75, 3.05) is 16.8 Å². The summed E-state index contributed by atoms with van der Waals surface area (Å²) >= 11 is 5.38. The Bertz CT molecular complexity index is 1810. The van der Waals surface area contributed by atoms with E-state index in [2.05, 4.69) is 21.2 Å². The standard InChI is InChI=1S/C30H23BrFN3O6S2/c1-2-41-21-13-15(3-12-20(21)36)23-24-25(28(39)35(27(24)38)19-10-4-16(31)5-11-19)42-29-26(23)43-30(40)34(29)14-22(37)33-18-8-6-17(32)7-9-18/h3-13,23-25,36H,2,14H2,1H3,(H,33,37)/t23-,24+,25-/m0/s1. The smallest absolute Gasteiger partial charge is 0.308 e. The molecule has 43 heavy (non-hydrogen) atoms. The van der Waals surface area contributed by atoms with E-state index in [0.29, 0.717) is 26.8 Å². The largest absolute Gasteiger partial charge is 0.504 e. The van der Waals surface area contributed by atoms with Crippen LogP contribution in [0.5, 0.6) is 11.5 Å². The SMILES string of the molecule is CCOc1cc([C@@H]2c3sc(=O)n(CC(=O)Nc4ccc(F)cc4)c3S[C@@H]3C(=O)N(c4ccc(Br)cc4)C(=O)[C@H]23)ccc1O. The lowest BCUT2D eigenvalue weighted by Crippen LogP contribution is -2.33. The number of rotatable bonds is 7. The summed E-state index contributed by atoms with van der Waals surface area (Å²) in [7, 11) is 0. The van der Waals surface area contributed by atoms with Crippen LogP contribution in [0.1, 0.15) is 23.3 Å². The van der Waals surface area contributed by atoms with E-state index in [1.807, 2.05) is 0 Å². The molecule has 3 heterocycles. The van der Waals surface area contributed by atoms with Crippen molar-refractivity contribution in [1.29, 1.82) is 0 Å². The molecule has 1 fully saturated rings. The summed E-state index contributed by atoms with van der Waals surface area (Å²) in [5.41, 5.74) is 1.37. The average molecular weight is 685 g/mol. The van der Waals surface area contributed by atoms with Gasteiger partial charge in [0.15, 0.2) is 11.5 Å². The second-order valence-corrected chi connectivity index (χ2v) is 12.9. The van der Waals surface area contributed by atoms with E-state index in [0.717, 1.165) is 27.6 Å². The van der Waals surface area contributed by atoms with Gasteiger partial charge < -0.3 is 15.2 Å². The number of carbonyl (C=O) groups excluding carboxylic acids is 3. The van der Waals surface area contributed by atoms with Crippen molar-refractivity contribution < 1.29 is 28.6 Å². The molecule has 3 aromatic carbocycles. The van der Waals surface area contributed by atoms with Crippen LogP contribution in [0, 0.1) is 11.7 Å². The second-order valence-electron chi connectivity index (χ2n) is 9.87. The van der Waals surface area contributed by atoms with Gasteiger partial charge in [-0.2, -0.15) is 0 Å². The average Bonchev–Trinajstić information content (AvgIpc) is 3.42. The minimum Gasteiger partial charge on any atom is -0.504 e. The van der Waals surface area contributed by atoms with Crippen LogP contribution < -0.4 is 19.8 Å². The summed E-state index contributed by atoms with van der Waals surface area (Å²) in [6, 6.07) is 16.8. The summed E-state index contributed by atoms with van der Waals surface area (Å²) < 4.78 is 21.0. The first-order valence-electron chi connectivity index (χ1n) is 13.2. The van der Waals surface area contributed by atoms with Crippen LogP contribution in [0.4, 0.5) is 15.8 Å². The van der Waals surface area contributed by atoms with Crippen LogP contribution in [0.25, 0.3) is 0 Å². The van der Waals surface area contributed by atoms with Crippen molar-refractivity contribution in [2.45, 2.75) is 29.7 Å². The van der Waals surface area contributed by atoms with Crippen LogP contribution in [-0.4, -0.2) is 39.3 Å². The highest BCUT2D eigenvalue weighted by Gasteiger charge is 2.57. The number of halogens is 2. The van der Waals surface area contributed by atoms with E-state index in [-0.39, 0.29) is 24.7 Å². The Morgan fingerprint density at radius 2 is 1.77 bits per heavy atom. The zero-order chi connectivity index (χ0) is 30.4. The van der Waals surface area contributed by atoms with Crippen LogP contribution in [-0.2, 0) is 20.9 Å². The van der Waals surface area contributed by atoms with Crippen molar-refractivity contribution >= 4 is 68.1 Å². The normalized spacial score (nSPS) is 19.2. The van der Waals surface area contributed by atoms with Gasteiger partial charge in [-0.25, -0.2) is 9.29 Å². The van der Waals surface area contributed by atoms with Crippen LogP contribution in [0.15, 0.2) is 81.0 Å². The van der Waals surface area contributed by atoms with Crippen molar-refractivity contribution in [1.82, 2.24) is 4.57 Å². The molecule has 2 aliphatic rings. The maximum atomic E-state index is 14.0. The maximum absolute atomic E-state index is 14.0. The quantitative estimate of drug-likeness (QED) is 0.252. The molecule has 0 saturated carbocycles. The summed E-state index contributed by atoms with van der Waals surface area (Å²) in [4.78, 5) is 55.5. The minimum atomic E-state index is -0.876. The summed E-state index contributed by atoms with van der Waals surface area (Å²) in [5.74, 6) is -3.25. The van der Waals surface area contributed by atoms with Crippen LogP contribution in [0.3, 0.4) is 0 Å².